The van der Waals surface area contributed by atoms with Crippen LogP contribution in [0.5, 0.6) is 5.75 Å². The Balaban J connectivity index is 2.12. The SMILES string of the molecule is Cc1csc(NN=Cc2cc(Cl)ccc2OC(C)C)n1. The third-order valence-electron chi connectivity index (χ3n) is 2.32. The summed E-state index contributed by atoms with van der Waals surface area (Å²) in [6.45, 7) is 5.90. The maximum Gasteiger partial charge on any atom is 0.203 e. The molecule has 0 spiro atoms. The number of hydrazone groups is 1. The van der Waals surface area contributed by atoms with Gasteiger partial charge in [0.15, 0.2) is 0 Å². The maximum absolute atomic E-state index is 6.00. The molecule has 0 fully saturated rings. The molecule has 106 valence electrons. The van der Waals surface area contributed by atoms with Gasteiger partial charge in [-0.2, -0.15) is 5.10 Å². The summed E-state index contributed by atoms with van der Waals surface area (Å²) in [7, 11) is 0. The average Bonchev–Trinajstić information content (AvgIpc) is 2.78. The monoisotopic (exact) mass is 309 g/mol. The van der Waals surface area contributed by atoms with Gasteiger partial charge in [0.25, 0.3) is 0 Å². The fraction of sp³-hybridized carbons (Fsp3) is 0.286. The highest BCUT2D eigenvalue weighted by molar-refractivity contribution is 7.13. The van der Waals surface area contributed by atoms with Gasteiger partial charge in [0.1, 0.15) is 5.75 Å². The van der Waals surface area contributed by atoms with Crippen LogP contribution in [0.4, 0.5) is 5.13 Å². The van der Waals surface area contributed by atoms with Gasteiger partial charge in [-0.25, -0.2) is 4.98 Å². The molecule has 2 aromatic rings. The first-order valence-electron chi connectivity index (χ1n) is 6.22. The van der Waals surface area contributed by atoms with Crippen LogP contribution >= 0.6 is 22.9 Å². The van der Waals surface area contributed by atoms with Gasteiger partial charge in [-0.3, -0.25) is 5.43 Å². The number of halogens is 1. The van der Waals surface area contributed by atoms with E-state index in [-0.39, 0.29) is 6.10 Å². The number of thiazole rings is 1. The number of nitrogens with zero attached hydrogens (tertiary/aromatic N) is 2. The molecule has 1 heterocycles. The lowest BCUT2D eigenvalue weighted by atomic mass is 10.2. The van der Waals surface area contributed by atoms with Crippen LogP contribution in [0.1, 0.15) is 25.1 Å². The Morgan fingerprint density at radius 3 is 2.90 bits per heavy atom. The molecule has 1 N–H and O–H groups in total. The first-order valence-corrected chi connectivity index (χ1v) is 7.48. The highest BCUT2D eigenvalue weighted by Gasteiger charge is 2.05. The molecule has 0 aliphatic heterocycles. The van der Waals surface area contributed by atoms with Crippen LogP contribution < -0.4 is 10.2 Å². The zero-order valence-electron chi connectivity index (χ0n) is 11.6. The second-order valence-electron chi connectivity index (χ2n) is 4.51. The van der Waals surface area contributed by atoms with E-state index in [1.54, 1.807) is 12.3 Å². The van der Waals surface area contributed by atoms with Gasteiger partial charge in [0.05, 0.1) is 18.0 Å². The Morgan fingerprint density at radius 2 is 2.25 bits per heavy atom. The zero-order chi connectivity index (χ0) is 14.5. The van der Waals surface area contributed by atoms with Crippen LogP contribution in [0, 0.1) is 6.92 Å². The van der Waals surface area contributed by atoms with Crippen molar-refractivity contribution in [3.8, 4) is 5.75 Å². The van der Waals surface area contributed by atoms with E-state index < -0.39 is 0 Å². The Kier molecular flexibility index (Phi) is 4.98. The van der Waals surface area contributed by atoms with Gasteiger partial charge >= 0.3 is 0 Å². The molecule has 0 aliphatic carbocycles. The lowest BCUT2D eigenvalue weighted by Gasteiger charge is -2.12. The summed E-state index contributed by atoms with van der Waals surface area (Å²) in [5.74, 6) is 0.755. The summed E-state index contributed by atoms with van der Waals surface area (Å²) in [5, 5.41) is 7.53. The molecule has 20 heavy (non-hydrogen) atoms. The van der Waals surface area contributed by atoms with Crippen molar-refractivity contribution in [2.75, 3.05) is 5.43 Å². The van der Waals surface area contributed by atoms with Gasteiger partial charge in [-0.15, -0.1) is 11.3 Å². The molecule has 2 rings (SSSR count). The first-order chi connectivity index (χ1) is 9.54. The normalized spacial score (nSPS) is 11.2. The third-order valence-corrected chi connectivity index (χ3v) is 3.42. The number of anilines is 1. The molecule has 1 aromatic heterocycles. The molecular formula is C14H16ClN3OS. The van der Waals surface area contributed by atoms with Crippen molar-refractivity contribution >= 4 is 34.3 Å². The zero-order valence-corrected chi connectivity index (χ0v) is 13.1. The van der Waals surface area contributed by atoms with Gasteiger partial charge in [-0.1, -0.05) is 11.6 Å². The molecule has 0 aliphatic rings. The molecule has 1 aromatic carbocycles. The standard InChI is InChI=1S/C14H16ClN3OS/c1-9(2)19-13-5-4-12(15)6-11(13)7-16-18-14-17-10(3)8-20-14/h4-9H,1-3H3,(H,17,18). The van der Waals surface area contributed by atoms with E-state index in [1.165, 1.54) is 11.3 Å². The molecule has 4 nitrogen and oxygen atoms in total. The van der Waals surface area contributed by atoms with Crippen LogP contribution in [0.25, 0.3) is 0 Å². The fourth-order valence-electron chi connectivity index (χ4n) is 1.54. The van der Waals surface area contributed by atoms with Crippen LogP contribution in [0.2, 0.25) is 5.02 Å². The summed E-state index contributed by atoms with van der Waals surface area (Å²) in [6, 6.07) is 5.46. The predicted molar refractivity (Wildman–Crippen MR) is 85.3 cm³/mol. The molecule has 0 saturated heterocycles. The molecule has 0 saturated carbocycles. The van der Waals surface area contributed by atoms with E-state index in [2.05, 4.69) is 15.5 Å². The summed E-state index contributed by atoms with van der Waals surface area (Å²) in [5.41, 5.74) is 4.69. The number of hydrogen-bond donors (Lipinski definition) is 1. The third kappa shape index (κ3) is 4.21. The predicted octanol–water partition coefficient (Wildman–Crippen LogP) is 4.34. The van der Waals surface area contributed by atoms with E-state index >= 15 is 0 Å². The Labute approximate surface area is 127 Å². The second-order valence-corrected chi connectivity index (χ2v) is 5.81. The molecule has 0 atom stereocenters. The fourth-order valence-corrected chi connectivity index (χ4v) is 2.36. The number of hydrogen-bond acceptors (Lipinski definition) is 5. The first kappa shape index (κ1) is 14.8. The molecule has 0 unspecified atom stereocenters. The Hall–Kier alpha value is -1.59. The van der Waals surface area contributed by atoms with E-state index in [1.807, 2.05) is 38.3 Å². The lowest BCUT2D eigenvalue weighted by Crippen LogP contribution is -2.07. The van der Waals surface area contributed by atoms with Crippen molar-refractivity contribution in [3.63, 3.8) is 0 Å². The lowest BCUT2D eigenvalue weighted by molar-refractivity contribution is 0.242. The minimum atomic E-state index is 0.0953. The summed E-state index contributed by atoms with van der Waals surface area (Å²) in [4.78, 5) is 4.27. The molecule has 6 heteroatoms. The van der Waals surface area contributed by atoms with Crippen molar-refractivity contribution in [1.29, 1.82) is 0 Å². The molecule has 0 bridgehead atoms. The summed E-state index contributed by atoms with van der Waals surface area (Å²) < 4.78 is 5.72. The summed E-state index contributed by atoms with van der Waals surface area (Å²) >= 11 is 7.51. The van der Waals surface area contributed by atoms with Crippen molar-refractivity contribution in [2.45, 2.75) is 26.9 Å². The number of aromatic nitrogens is 1. The van der Waals surface area contributed by atoms with Gasteiger partial charge < -0.3 is 4.74 Å². The highest BCUT2D eigenvalue weighted by Crippen LogP contribution is 2.22. The van der Waals surface area contributed by atoms with Gasteiger partial charge in [0, 0.05) is 16.0 Å². The van der Waals surface area contributed by atoms with Crippen molar-refractivity contribution in [2.24, 2.45) is 5.10 Å². The quantitative estimate of drug-likeness (QED) is 0.660. The molecule has 0 amide bonds. The minimum Gasteiger partial charge on any atom is -0.490 e. The van der Waals surface area contributed by atoms with Crippen LogP contribution in [-0.2, 0) is 0 Å². The van der Waals surface area contributed by atoms with Crippen LogP contribution in [0.15, 0.2) is 28.7 Å². The van der Waals surface area contributed by atoms with Crippen LogP contribution in [0.3, 0.4) is 0 Å². The second kappa shape index (κ2) is 6.72. The Morgan fingerprint density at radius 1 is 1.45 bits per heavy atom. The number of aryl methyl sites for hydroxylation is 1. The highest BCUT2D eigenvalue weighted by atomic mass is 35.5. The summed E-state index contributed by atoms with van der Waals surface area (Å²) in [6.07, 6.45) is 1.78. The van der Waals surface area contributed by atoms with E-state index in [0.717, 1.165) is 22.1 Å². The maximum atomic E-state index is 6.00. The number of rotatable bonds is 5. The average molecular weight is 310 g/mol. The number of ether oxygens (including phenoxy) is 1. The van der Waals surface area contributed by atoms with Crippen molar-refractivity contribution in [3.05, 3.63) is 39.9 Å². The minimum absolute atomic E-state index is 0.0953. The number of nitrogens with one attached hydrogen (secondary N) is 1. The van der Waals surface area contributed by atoms with Crippen molar-refractivity contribution < 1.29 is 4.74 Å². The van der Waals surface area contributed by atoms with Crippen LogP contribution in [-0.4, -0.2) is 17.3 Å². The van der Waals surface area contributed by atoms with E-state index in [0.29, 0.717) is 5.02 Å². The molecular weight excluding hydrogens is 294 g/mol. The van der Waals surface area contributed by atoms with E-state index in [4.69, 9.17) is 16.3 Å². The topological polar surface area (TPSA) is 46.5 Å². The molecule has 0 radical (unpaired) electrons. The largest absolute Gasteiger partial charge is 0.490 e. The smallest absolute Gasteiger partial charge is 0.203 e. The number of benzene rings is 1. The van der Waals surface area contributed by atoms with Gasteiger partial charge in [0.2, 0.25) is 5.13 Å². The Bertz CT molecular complexity index is 610. The van der Waals surface area contributed by atoms with E-state index in [9.17, 15) is 0 Å². The van der Waals surface area contributed by atoms with Gasteiger partial charge in [-0.05, 0) is 39.0 Å². The van der Waals surface area contributed by atoms with Crippen molar-refractivity contribution in [1.82, 2.24) is 4.98 Å².